The first-order chi connectivity index (χ1) is 8.55. The van der Waals surface area contributed by atoms with Crippen LogP contribution in [0.25, 0.3) is 0 Å². The van der Waals surface area contributed by atoms with Gasteiger partial charge in [-0.2, -0.15) is 0 Å². The smallest absolute Gasteiger partial charge is 0.211 e. The average molecular weight is 273 g/mol. The topological polar surface area (TPSA) is 46.2 Å². The van der Waals surface area contributed by atoms with Crippen molar-refractivity contribution in [2.45, 2.75) is 32.6 Å². The van der Waals surface area contributed by atoms with Crippen LogP contribution in [0, 0.1) is 5.82 Å². The molecule has 1 rings (SSSR count). The summed E-state index contributed by atoms with van der Waals surface area (Å²) in [6.07, 6.45) is 2.67. The van der Waals surface area contributed by atoms with E-state index in [4.69, 9.17) is 0 Å². The Morgan fingerprint density at radius 3 is 2.61 bits per heavy atom. The zero-order chi connectivity index (χ0) is 13.4. The van der Waals surface area contributed by atoms with Gasteiger partial charge >= 0.3 is 0 Å². The summed E-state index contributed by atoms with van der Waals surface area (Å²) in [5, 5.41) is 0. The zero-order valence-electron chi connectivity index (χ0n) is 10.7. The van der Waals surface area contributed by atoms with Crippen LogP contribution in [0.2, 0.25) is 0 Å². The van der Waals surface area contributed by atoms with E-state index in [9.17, 15) is 12.8 Å². The lowest BCUT2D eigenvalue weighted by atomic mass is 10.1. The van der Waals surface area contributed by atoms with E-state index in [2.05, 4.69) is 4.72 Å². The second-order valence-electron chi connectivity index (χ2n) is 4.26. The third-order valence-corrected chi connectivity index (χ3v) is 4.14. The van der Waals surface area contributed by atoms with E-state index in [1.54, 1.807) is 18.2 Å². The van der Waals surface area contributed by atoms with Crippen LogP contribution in [-0.2, 0) is 16.4 Å². The van der Waals surface area contributed by atoms with E-state index in [1.807, 2.05) is 6.92 Å². The van der Waals surface area contributed by atoms with Crippen LogP contribution in [0.4, 0.5) is 4.39 Å². The second kappa shape index (κ2) is 7.48. The molecule has 0 aliphatic rings. The van der Waals surface area contributed by atoms with Gasteiger partial charge in [-0.3, -0.25) is 0 Å². The molecule has 0 heterocycles. The summed E-state index contributed by atoms with van der Waals surface area (Å²) in [4.78, 5) is 0. The van der Waals surface area contributed by atoms with Gasteiger partial charge in [-0.25, -0.2) is 17.5 Å². The van der Waals surface area contributed by atoms with Gasteiger partial charge in [0.1, 0.15) is 5.82 Å². The molecular weight excluding hydrogens is 253 g/mol. The molecule has 0 aliphatic heterocycles. The number of rotatable bonds is 8. The molecule has 102 valence electrons. The molecule has 0 amide bonds. The Balaban J connectivity index is 2.29. The molecule has 0 saturated heterocycles. The molecule has 18 heavy (non-hydrogen) atoms. The van der Waals surface area contributed by atoms with Gasteiger partial charge in [0.05, 0.1) is 5.75 Å². The zero-order valence-corrected chi connectivity index (χ0v) is 11.5. The van der Waals surface area contributed by atoms with Gasteiger partial charge in [-0.1, -0.05) is 31.5 Å². The molecular formula is C13H20FNO2S. The van der Waals surface area contributed by atoms with Crippen molar-refractivity contribution in [1.29, 1.82) is 0 Å². The van der Waals surface area contributed by atoms with Crippen LogP contribution in [-0.4, -0.2) is 20.7 Å². The Morgan fingerprint density at radius 1 is 1.22 bits per heavy atom. The van der Waals surface area contributed by atoms with Crippen molar-refractivity contribution in [3.8, 4) is 0 Å². The first-order valence-electron chi connectivity index (χ1n) is 6.26. The first-order valence-corrected chi connectivity index (χ1v) is 7.91. The van der Waals surface area contributed by atoms with Crippen LogP contribution < -0.4 is 4.72 Å². The van der Waals surface area contributed by atoms with E-state index in [-0.39, 0.29) is 11.6 Å². The van der Waals surface area contributed by atoms with Crippen LogP contribution in [0.15, 0.2) is 24.3 Å². The maximum absolute atomic E-state index is 13.3. The van der Waals surface area contributed by atoms with E-state index < -0.39 is 10.0 Å². The molecule has 0 aromatic heterocycles. The summed E-state index contributed by atoms with van der Waals surface area (Å²) < 4.78 is 38.8. The van der Waals surface area contributed by atoms with Crippen LogP contribution in [0.5, 0.6) is 0 Å². The molecule has 1 aromatic carbocycles. The number of sulfonamides is 1. The Kier molecular flexibility index (Phi) is 6.29. The largest absolute Gasteiger partial charge is 0.215 e. The van der Waals surface area contributed by atoms with Crippen molar-refractivity contribution in [3.05, 3.63) is 35.6 Å². The minimum absolute atomic E-state index is 0.170. The lowest BCUT2D eigenvalue weighted by molar-refractivity contribution is 0.573. The number of benzene rings is 1. The van der Waals surface area contributed by atoms with E-state index in [0.29, 0.717) is 31.4 Å². The standard InChI is InChI=1S/C13H20FNO2S/c1-2-3-11-18(16,17)15-10-6-8-12-7-4-5-9-13(12)14/h4-5,7,9,15H,2-3,6,8,10-11H2,1H3. The highest BCUT2D eigenvalue weighted by atomic mass is 32.2. The normalized spacial score (nSPS) is 11.7. The molecule has 0 unspecified atom stereocenters. The van der Waals surface area contributed by atoms with Gasteiger partial charge in [-0.15, -0.1) is 0 Å². The molecule has 3 nitrogen and oxygen atoms in total. The SMILES string of the molecule is CCCCS(=O)(=O)NCCCc1ccccc1F. The van der Waals surface area contributed by atoms with Crippen molar-refractivity contribution in [1.82, 2.24) is 4.72 Å². The average Bonchev–Trinajstić information content (AvgIpc) is 2.34. The Bertz CT molecular complexity index is 460. The lowest BCUT2D eigenvalue weighted by Crippen LogP contribution is -2.27. The summed E-state index contributed by atoms with van der Waals surface area (Å²) >= 11 is 0. The Labute approximate surface area is 108 Å². The maximum atomic E-state index is 13.3. The fraction of sp³-hybridized carbons (Fsp3) is 0.538. The highest BCUT2D eigenvalue weighted by molar-refractivity contribution is 7.89. The van der Waals surface area contributed by atoms with Gasteiger partial charge in [0.2, 0.25) is 10.0 Å². The molecule has 1 N–H and O–H groups in total. The minimum Gasteiger partial charge on any atom is -0.215 e. The Hall–Kier alpha value is -0.940. The number of unbranched alkanes of at least 4 members (excludes halogenated alkanes) is 1. The number of halogens is 1. The van der Waals surface area contributed by atoms with Gasteiger partial charge < -0.3 is 0 Å². The third kappa shape index (κ3) is 5.60. The minimum atomic E-state index is -3.15. The molecule has 5 heteroatoms. The molecule has 0 bridgehead atoms. The third-order valence-electron chi connectivity index (χ3n) is 2.67. The summed E-state index contributed by atoms with van der Waals surface area (Å²) in [6, 6.07) is 6.57. The second-order valence-corrected chi connectivity index (χ2v) is 6.19. The predicted octanol–water partition coefficient (Wildman–Crippen LogP) is 2.48. The van der Waals surface area contributed by atoms with Crippen molar-refractivity contribution < 1.29 is 12.8 Å². The van der Waals surface area contributed by atoms with Crippen molar-refractivity contribution in [3.63, 3.8) is 0 Å². The fourth-order valence-corrected chi connectivity index (χ4v) is 2.88. The highest BCUT2D eigenvalue weighted by Crippen LogP contribution is 2.08. The summed E-state index contributed by atoms with van der Waals surface area (Å²) in [5.74, 6) is -0.0604. The van der Waals surface area contributed by atoms with Crippen molar-refractivity contribution >= 4 is 10.0 Å². The van der Waals surface area contributed by atoms with E-state index in [0.717, 1.165) is 6.42 Å². The summed E-state index contributed by atoms with van der Waals surface area (Å²) in [7, 11) is -3.15. The van der Waals surface area contributed by atoms with Crippen LogP contribution >= 0.6 is 0 Å². The quantitative estimate of drug-likeness (QED) is 0.740. The van der Waals surface area contributed by atoms with Crippen LogP contribution in [0.3, 0.4) is 0 Å². The summed E-state index contributed by atoms with van der Waals surface area (Å²) in [6.45, 7) is 2.31. The maximum Gasteiger partial charge on any atom is 0.211 e. The first kappa shape index (κ1) is 15.1. The number of aryl methyl sites for hydroxylation is 1. The van der Waals surface area contributed by atoms with Crippen LogP contribution in [0.1, 0.15) is 31.7 Å². The number of hydrogen-bond donors (Lipinski definition) is 1. The lowest BCUT2D eigenvalue weighted by Gasteiger charge is -2.06. The Morgan fingerprint density at radius 2 is 1.94 bits per heavy atom. The monoisotopic (exact) mass is 273 g/mol. The van der Waals surface area contributed by atoms with Crippen molar-refractivity contribution in [2.75, 3.05) is 12.3 Å². The van der Waals surface area contributed by atoms with Crippen molar-refractivity contribution in [2.24, 2.45) is 0 Å². The molecule has 0 saturated carbocycles. The fourth-order valence-electron chi connectivity index (χ4n) is 1.61. The molecule has 1 aromatic rings. The van der Waals surface area contributed by atoms with E-state index in [1.165, 1.54) is 6.07 Å². The van der Waals surface area contributed by atoms with E-state index >= 15 is 0 Å². The summed E-state index contributed by atoms with van der Waals surface area (Å²) in [5.41, 5.74) is 0.630. The molecule has 0 radical (unpaired) electrons. The molecule has 0 atom stereocenters. The van der Waals surface area contributed by atoms with Gasteiger partial charge in [0, 0.05) is 6.54 Å². The molecule has 0 aliphatic carbocycles. The number of nitrogens with one attached hydrogen (secondary N) is 1. The highest BCUT2D eigenvalue weighted by Gasteiger charge is 2.08. The van der Waals surface area contributed by atoms with Gasteiger partial charge in [-0.05, 0) is 30.9 Å². The number of hydrogen-bond acceptors (Lipinski definition) is 2. The molecule has 0 spiro atoms. The van der Waals surface area contributed by atoms with Gasteiger partial charge in [0.15, 0.2) is 0 Å². The molecule has 0 fully saturated rings. The predicted molar refractivity (Wildman–Crippen MR) is 71.4 cm³/mol. The van der Waals surface area contributed by atoms with Gasteiger partial charge in [0.25, 0.3) is 0 Å².